The van der Waals surface area contributed by atoms with Crippen LogP contribution in [-0.2, 0) is 20.3 Å². The average molecular weight is 353 g/mol. The van der Waals surface area contributed by atoms with Crippen LogP contribution >= 0.6 is 0 Å². The fourth-order valence-corrected chi connectivity index (χ4v) is 4.20. The summed E-state index contributed by atoms with van der Waals surface area (Å²) in [5.74, 6) is -0.345. The van der Waals surface area contributed by atoms with Gasteiger partial charge in [-0.1, -0.05) is 37.8 Å². The van der Waals surface area contributed by atoms with Crippen LogP contribution in [0.2, 0.25) is 0 Å². The van der Waals surface area contributed by atoms with Gasteiger partial charge in [0.15, 0.2) is 5.44 Å². The van der Waals surface area contributed by atoms with E-state index in [0.717, 1.165) is 0 Å². The number of hydrogen-bond acceptors (Lipinski definition) is 5. The molecule has 0 saturated carbocycles. The summed E-state index contributed by atoms with van der Waals surface area (Å²) >= 11 is 0. The summed E-state index contributed by atoms with van der Waals surface area (Å²) in [4.78, 5) is 12.5. The first-order valence-corrected chi connectivity index (χ1v) is 9.00. The number of nitrogens with one attached hydrogen (secondary N) is 1. The molecule has 1 aromatic rings. The molecular weight excluding hydrogens is 330 g/mol. The van der Waals surface area contributed by atoms with Crippen molar-refractivity contribution in [2.75, 3.05) is 6.61 Å². The number of rotatable bonds is 5. The second kappa shape index (κ2) is 8.41. The Morgan fingerprint density at radius 1 is 1.42 bits per heavy atom. The lowest BCUT2D eigenvalue weighted by molar-refractivity contribution is -0.120. The molecule has 1 heterocycles. The summed E-state index contributed by atoms with van der Waals surface area (Å²) in [5.41, 5.74) is -0.780. The third-order valence-corrected chi connectivity index (χ3v) is 5.59. The second-order valence-corrected chi connectivity index (χ2v) is 7.26. The second-order valence-electron chi connectivity index (χ2n) is 5.73. The van der Waals surface area contributed by atoms with Crippen LogP contribution in [0.3, 0.4) is 0 Å². The third-order valence-electron chi connectivity index (χ3n) is 4.03. The van der Waals surface area contributed by atoms with Crippen LogP contribution in [-0.4, -0.2) is 45.7 Å². The molecule has 0 bridgehead atoms. The highest BCUT2D eigenvalue weighted by Gasteiger charge is 2.45. The number of benzene rings is 1. The Hall–Kier alpha value is -1.70. The SMILES string of the molecule is C=CCOC(=O)N[C@@H]1C(S(=O)c2ccccc2)O[C@@H](C)[C@@H](O)[C@H]1C. The summed E-state index contributed by atoms with van der Waals surface area (Å²) in [6.07, 6.45) is -0.470. The van der Waals surface area contributed by atoms with E-state index in [1.54, 1.807) is 38.1 Å². The smallest absolute Gasteiger partial charge is 0.407 e. The molecule has 2 N–H and O–H groups in total. The highest BCUT2D eigenvalue weighted by Crippen LogP contribution is 2.30. The van der Waals surface area contributed by atoms with Gasteiger partial charge in [-0.15, -0.1) is 0 Å². The van der Waals surface area contributed by atoms with Crippen molar-refractivity contribution in [1.29, 1.82) is 0 Å². The first-order chi connectivity index (χ1) is 11.5. The third kappa shape index (κ3) is 4.23. The molecule has 1 fully saturated rings. The zero-order chi connectivity index (χ0) is 17.7. The van der Waals surface area contributed by atoms with Crippen molar-refractivity contribution >= 4 is 16.9 Å². The normalized spacial score (nSPS) is 31.0. The maximum atomic E-state index is 12.9. The lowest BCUT2D eigenvalue weighted by atomic mass is 9.90. The summed E-state index contributed by atoms with van der Waals surface area (Å²) in [5, 5.41) is 12.9. The van der Waals surface area contributed by atoms with Gasteiger partial charge in [0, 0.05) is 10.8 Å². The van der Waals surface area contributed by atoms with E-state index in [0.29, 0.717) is 4.90 Å². The van der Waals surface area contributed by atoms with Gasteiger partial charge in [-0.3, -0.25) is 4.21 Å². The Bertz CT molecular complexity index is 594. The number of alkyl carbamates (subject to hydrolysis) is 1. The fourth-order valence-electron chi connectivity index (χ4n) is 2.65. The van der Waals surface area contributed by atoms with Crippen molar-refractivity contribution < 1.29 is 23.6 Å². The number of amides is 1. The molecule has 1 saturated heterocycles. The first-order valence-electron chi connectivity index (χ1n) is 7.79. The molecule has 0 aliphatic carbocycles. The van der Waals surface area contributed by atoms with Gasteiger partial charge in [-0.25, -0.2) is 4.79 Å². The molecule has 0 spiro atoms. The van der Waals surface area contributed by atoms with Crippen LogP contribution in [0.1, 0.15) is 13.8 Å². The Labute approximate surface area is 144 Å². The fraction of sp³-hybridized carbons (Fsp3) is 0.471. The van der Waals surface area contributed by atoms with Crippen LogP contribution in [0, 0.1) is 5.92 Å². The van der Waals surface area contributed by atoms with Gasteiger partial charge in [0.2, 0.25) is 0 Å². The molecule has 132 valence electrons. The predicted octanol–water partition coefficient (Wildman–Crippen LogP) is 1.82. The van der Waals surface area contributed by atoms with Gasteiger partial charge in [-0.05, 0) is 19.1 Å². The predicted molar refractivity (Wildman–Crippen MR) is 90.8 cm³/mol. The maximum Gasteiger partial charge on any atom is 0.407 e. The summed E-state index contributed by atoms with van der Waals surface area (Å²) in [6.45, 7) is 7.06. The quantitative estimate of drug-likeness (QED) is 0.789. The first kappa shape index (κ1) is 18.6. The average Bonchev–Trinajstić information content (AvgIpc) is 2.60. The Balaban J connectivity index is 2.22. The highest BCUT2D eigenvalue weighted by atomic mass is 32.2. The van der Waals surface area contributed by atoms with E-state index in [2.05, 4.69) is 11.9 Å². The summed E-state index contributed by atoms with van der Waals surface area (Å²) < 4.78 is 23.6. The van der Waals surface area contributed by atoms with E-state index >= 15 is 0 Å². The van der Waals surface area contributed by atoms with Crippen molar-refractivity contribution in [1.82, 2.24) is 5.32 Å². The molecule has 2 rings (SSSR count). The van der Waals surface area contributed by atoms with Gasteiger partial charge in [0.05, 0.1) is 29.0 Å². The minimum atomic E-state index is -1.50. The number of aliphatic hydroxyl groups is 1. The molecule has 0 aromatic heterocycles. The molecule has 0 radical (unpaired) electrons. The minimum absolute atomic E-state index is 0.0686. The molecule has 1 aromatic carbocycles. The van der Waals surface area contributed by atoms with Gasteiger partial charge in [0.25, 0.3) is 0 Å². The molecule has 2 unspecified atom stereocenters. The number of ether oxygens (including phenoxy) is 2. The molecule has 24 heavy (non-hydrogen) atoms. The van der Waals surface area contributed by atoms with E-state index in [1.807, 2.05) is 6.07 Å². The lowest BCUT2D eigenvalue weighted by Crippen LogP contribution is -2.60. The topological polar surface area (TPSA) is 84.9 Å². The van der Waals surface area contributed by atoms with Crippen molar-refractivity contribution in [2.45, 2.75) is 42.4 Å². The lowest BCUT2D eigenvalue weighted by Gasteiger charge is -2.42. The molecule has 1 aliphatic rings. The summed E-state index contributed by atoms with van der Waals surface area (Å²) in [7, 11) is -1.50. The Morgan fingerprint density at radius 3 is 2.71 bits per heavy atom. The van der Waals surface area contributed by atoms with Crippen molar-refractivity contribution in [3.63, 3.8) is 0 Å². The van der Waals surface area contributed by atoms with Gasteiger partial charge in [0.1, 0.15) is 6.61 Å². The van der Waals surface area contributed by atoms with Crippen molar-refractivity contribution in [3.05, 3.63) is 43.0 Å². The van der Waals surface area contributed by atoms with E-state index in [4.69, 9.17) is 9.47 Å². The standard InChI is InChI=1S/C17H23NO5S/c1-4-10-22-17(20)18-14-11(2)15(19)12(3)23-16(14)24(21)13-8-6-5-7-9-13/h4-9,11-12,14-16,19H,1,10H2,2-3H3,(H,18,20)/t11-,12-,14-,15-,16?,24?/m0/s1. The number of hydrogen-bond donors (Lipinski definition) is 2. The van der Waals surface area contributed by atoms with Crippen LogP contribution in [0.15, 0.2) is 47.9 Å². The van der Waals surface area contributed by atoms with Crippen LogP contribution in [0.4, 0.5) is 4.79 Å². The zero-order valence-electron chi connectivity index (χ0n) is 13.8. The van der Waals surface area contributed by atoms with Gasteiger partial charge >= 0.3 is 6.09 Å². The van der Waals surface area contributed by atoms with Crippen LogP contribution < -0.4 is 5.32 Å². The van der Waals surface area contributed by atoms with Gasteiger partial charge in [-0.2, -0.15) is 0 Å². The monoisotopic (exact) mass is 353 g/mol. The van der Waals surface area contributed by atoms with Crippen LogP contribution in [0.25, 0.3) is 0 Å². The van der Waals surface area contributed by atoms with Gasteiger partial charge < -0.3 is 19.9 Å². The van der Waals surface area contributed by atoms with E-state index in [1.165, 1.54) is 6.08 Å². The maximum absolute atomic E-state index is 12.9. The molecule has 7 heteroatoms. The molecule has 1 amide bonds. The highest BCUT2D eigenvalue weighted by molar-refractivity contribution is 7.85. The Morgan fingerprint density at radius 2 is 2.08 bits per heavy atom. The number of carbonyl (C=O) groups is 1. The molecule has 6 atom stereocenters. The zero-order valence-corrected chi connectivity index (χ0v) is 14.6. The molecule has 6 nitrogen and oxygen atoms in total. The summed E-state index contributed by atoms with van der Waals surface area (Å²) in [6, 6.07) is 8.26. The number of carbonyl (C=O) groups excluding carboxylic acids is 1. The Kier molecular flexibility index (Phi) is 6.53. The van der Waals surface area contributed by atoms with E-state index < -0.39 is 40.6 Å². The minimum Gasteiger partial charge on any atom is -0.445 e. The molecular formula is C17H23NO5S. The van der Waals surface area contributed by atoms with Crippen molar-refractivity contribution in [3.8, 4) is 0 Å². The largest absolute Gasteiger partial charge is 0.445 e. The van der Waals surface area contributed by atoms with Crippen molar-refractivity contribution in [2.24, 2.45) is 5.92 Å². The molecule has 1 aliphatic heterocycles. The van der Waals surface area contributed by atoms with E-state index in [-0.39, 0.29) is 12.5 Å². The number of aliphatic hydroxyl groups excluding tert-OH is 1. The van der Waals surface area contributed by atoms with E-state index in [9.17, 15) is 14.1 Å². The van der Waals surface area contributed by atoms with Crippen LogP contribution in [0.5, 0.6) is 0 Å².